The molecule has 18 heavy (non-hydrogen) atoms. The van der Waals surface area contributed by atoms with Gasteiger partial charge in [0, 0.05) is 29.2 Å². The zero-order chi connectivity index (χ0) is 13.3. The fourth-order valence-electron chi connectivity index (χ4n) is 2.49. The van der Waals surface area contributed by atoms with Crippen LogP contribution in [0.3, 0.4) is 0 Å². The first kappa shape index (κ1) is 13.3. The minimum absolute atomic E-state index is 0.104. The number of rotatable bonds is 3. The van der Waals surface area contributed by atoms with Gasteiger partial charge in [0.25, 0.3) is 5.69 Å². The molecule has 2 atom stereocenters. The molecule has 2 unspecified atom stereocenters. The smallest absolute Gasteiger partial charge is 0.270 e. The van der Waals surface area contributed by atoms with E-state index in [1.54, 1.807) is 18.2 Å². The molecule has 0 aromatic heterocycles. The average Bonchev–Trinajstić information content (AvgIpc) is 2.70. The molecule has 6 heteroatoms. The summed E-state index contributed by atoms with van der Waals surface area (Å²) in [4.78, 5) is 12.6. The Morgan fingerprint density at radius 2 is 2.33 bits per heavy atom. The molecule has 1 aliphatic rings. The van der Waals surface area contributed by atoms with E-state index < -0.39 is 0 Å². The lowest BCUT2D eigenvalue weighted by molar-refractivity contribution is -0.384. The molecule has 5 nitrogen and oxygen atoms in total. The van der Waals surface area contributed by atoms with Crippen molar-refractivity contribution in [1.29, 1.82) is 0 Å². The predicted octanol–water partition coefficient (Wildman–Crippen LogP) is 2.53. The summed E-state index contributed by atoms with van der Waals surface area (Å²) in [5, 5.41) is 10.7. The monoisotopic (exact) mass is 313 g/mol. The largest absolute Gasteiger partial charge is 0.368 e. The van der Waals surface area contributed by atoms with E-state index >= 15 is 0 Å². The van der Waals surface area contributed by atoms with E-state index in [0.717, 1.165) is 23.1 Å². The van der Waals surface area contributed by atoms with E-state index in [4.69, 9.17) is 5.73 Å². The van der Waals surface area contributed by atoms with Crippen LogP contribution in [0, 0.1) is 16.0 Å². The Morgan fingerprint density at radius 1 is 1.61 bits per heavy atom. The van der Waals surface area contributed by atoms with Crippen LogP contribution >= 0.6 is 15.9 Å². The SMILES string of the molecule is CC1CC(CN)CN1c1ccc([N+](=O)[O-])cc1Br. The number of nitrogens with zero attached hydrogens (tertiary/aromatic N) is 2. The van der Waals surface area contributed by atoms with Crippen LogP contribution in [0.15, 0.2) is 22.7 Å². The number of non-ortho nitro benzene ring substituents is 1. The maximum atomic E-state index is 10.7. The first-order valence-corrected chi connectivity index (χ1v) is 6.73. The molecule has 1 heterocycles. The summed E-state index contributed by atoms with van der Waals surface area (Å²) in [6, 6.07) is 5.31. The second kappa shape index (κ2) is 5.24. The third-order valence-electron chi connectivity index (χ3n) is 3.45. The van der Waals surface area contributed by atoms with E-state index in [-0.39, 0.29) is 10.6 Å². The van der Waals surface area contributed by atoms with Crippen molar-refractivity contribution in [2.45, 2.75) is 19.4 Å². The van der Waals surface area contributed by atoms with E-state index in [0.29, 0.717) is 18.5 Å². The minimum Gasteiger partial charge on any atom is -0.368 e. The predicted molar refractivity (Wildman–Crippen MR) is 74.8 cm³/mol. The van der Waals surface area contributed by atoms with E-state index in [9.17, 15) is 10.1 Å². The fraction of sp³-hybridized carbons (Fsp3) is 0.500. The van der Waals surface area contributed by atoms with Crippen molar-refractivity contribution in [2.24, 2.45) is 11.7 Å². The van der Waals surface area contributed by atoms with Gasteiger partial charge in [0.05, 0.1) is 10.6 Å². The molecule has 0 aliphatic carbocycles. The molecular formula is C12H16BrN3O2. The van der Waals surface area contributed by atoms with Gasteiger partial charge in [0.15, 0.2) is 0 Å². The van der Waals surface area contributed by atoms with Crippen molar-refractivity contribution < 1.29 is 4.92 Å². The molecule has 1 saturated heterocycles. The quantitative estimate of drug-likeness (QED) is 0.687. The molecule has 98 valence electrons. The first-order valence-electron chi connectivity index (χ1n) is 5.93. The molecular weight excluding hydrogens is 298 g/mol. The number of nitro benzene ring substituents is 1. The van der Waals surface area contributed by atoms with Crippen LogP contribution < -0.4 is 10.6 Å². The lowest BCUT2D eigenvalue weighted by Crippen LogP contribution is -2.27. The van der Waals surface area contributed by atoms with E-state index in [1.165, 1.54) is 0 Å². The molecule has 1 aromatic carbocycles. The Kier molecular flexibility index (Phi) is 3.87. The molecule has 0 radical (unpaired) electrons. The summed E-state index contributed by atoms with van der Waals surface area (Å²) in [6.07, 6.45) is 1.07. The molecule has 1 aromatic rings. The molecule has 1 fully saturated rings. The molecule has 0 saturated carbocycles. The van der Waals surface area contributed by atoms with Crippen molar-refractivity contribution in [3.8, 4) is 0 Å². The van der Waals surface area contributed by atoms with Gasteiger partial charge in [-0.1, -0.05) is 0 Å². The number of nitrogens with two attached hydrogens (primary N) is 1. The fourth-order valence-corrected chi connectivity index (χ4v) is 3.09. The van der Waals surface area contributed by atoms with Crippen LogP contribution in [-0.4, -0.2) is 24.1 Å². The van der Waals surface area contributed by atoms with Crippen LogP contribution in [-0.2, 0) is 0 Å². The molecule has 0 spiro atoms. The van der Waals surface area contributed by atoms with Gasteiger partial charge < -0.3 is 10.6 Å². The number of nitro groups is 1. The van der Waals surface area contributed by atoms with Crippen molar-refractivity contribution >= 4 is 27.3 Å². The van der Waals surface area contributed by atoms with Gasteiger partial charge in [-0.2, -0.15) is 0 Å². The van der Waals surface area contributed by atoms with Gasteiger partial charge in [-0.05, 0) is 47.8 Å². The minimum atomic E-state index is -0.384. The highest BCUT2D eigenvalue weighted by atomic mass is 79.9. The average molecular weight is 314 g/mol. The standard InChI is InChI=1S/C12H16BrN3O2/c1-8-4-9(6-14)7-15(8)12-3-2-10(16(17)18)5-11(12)13/h2-3,5,8-9H,4,6-7,14H2,1H3. The Labute approximate surface area is 114 Å². The van der Waals surface area contributed by atoms with Gasteiger partial charge in [-0.25, -0.2) is 0 Å². The van der Waals surface area contributed by atoms with Crippen LogP contribution in [0.25, 0.3) is 0 Å². The number of halogens is 1. The van der Waals surface area contributed by atoms with Gasteiger partial charge in [-0.3, -0.25) is 10.1 Å². The maximum absolute atomic E-state index is 10.7. The van der Waals surface area contributed by atoms with Crippen LogP contribution in [0.2, 0.25) is 0 Å². The van der Waals surface area contributed by atoms with E-state index in [2.05, 4.69) is 27.8 Å². The first-order chi connectivity index (χ1) is 8.52. The van der Waals surface area contributed by atoms with Crippen molar-refractivity contribution in [3.63, 3.8) is 0 Å². The van der Waals surface area contributed by atoms with E-state index in [1.807, 2.05) is 0 Å². The summed E-state index contributed by atoms with van der Waals surface area (Å²) in [6.45, 7) is 3.75. The maximum Gasteiger partial charge on any atom is 0.270 e. The lowest BCUT2D eigenvalue weighted by Gasteiger charge is -2.25. The Morgan fingerprint density at radius 3 is 2.83 bits per heavy atom. The van der Waals surface area contributed by atoms with Gasteiger partial charge in [-0.15, -0.1) is 0 Å². The highest BCUT2D eigenvalue weighted by Crippen LogP contribution is 2.35. The number of anilines is 1. The zero-order valence-electron chi connectivity index (χ0n) is 10.2. The molecule has 0 amide bonds. The topological polar surface area (TPSA) is 72.4 Å². The molecule has 0 bridgehead atoms. The molecule has 1 aliphatic heterocycles. The molecule has 2 rings (SSSR count). The van der Waals surface area contributed by atoms with Crippen molar-refractivity contribution in [2.75, 3.05) is 18.0 Å². The second-order valence-corrected chi connectivity index (χ2v) is 5.59. The van der Waals surface area contributed by atoms with Gasteiger partial charge in [0.2, 0.25) is 0 Å². The van der Waals surface area contributed by atoms with Crippen LogP contribution in [0.1, 0.15) is 13.3 Å². The zero-order valence-corrected chi connectivity index (χ0v) is 11.8. The Balaban J connectivity index is 2.26. The number of benzene rings is 1. The number of hydrogen-bond donors (Lipinski definition) is 1. The molecule has 2 N–H and O–H groups in total. The van der Waals surface area contributed by atoms with Crippen LogP contribution in [0.5, 0.6) is 0 Å². The van der Waals surface area contributed by atoms with Gasteiger partial charge in [0.1, 0.15) is 0 Å². The Hall–Kier alpha value is -1.14. The summed E-state index contributed by atoms with van der Waals surface area (Å²) in [5.41, 5.74) is 6.82. The summed E-state index contributed by atoms with van der Waals surface area (Å²) in [5.74, 6) is 0.502. The summed E-state index contributed by atoms with van der Waals surface area (Å²) >= 11 is 3.42. The van der Waals surface area contributed by atoms with Crippen LogP contribution in [0.4, 0.5) is 11.4 Å². The third kappa shape index (κ3) is 2.49. The normalized spacial score (nSPS) is 23.4. The number of hydrogen-bond acceptors (Lipinski definition) is 4. The summed E-state index contributed by atoms with van der Waals surface area (Å²) < 4.78 is 0.765. The van der Waals surface area contributed by atoms with Gasteiger partial charge >= 0.3 is 0 Å². The van der Waals surface area contributed by atoms with Crippen molar-refractivity contribution in [1.82, 2.24) is 0 Å². The second-order valence-electron chi connectivity index (χ2n) is 4.73. The summed E-state index contributed by atoms with van der Waals surface area (Å²) in [7, 11) is 0. The Bertz CT molecular complexity index is 467. The third-order valence-corrected chi connectivity index (χ3v) is 4.08. The van der Waals surface area contributed by atoms with Crippen molar-refractivity contribution in [3.05, 3.63) is 32.8 Å². The highest BCUT2D eigenvalue weighted by Gasteiger charge is 2.29. The highest BCUT2D eigenvalue weighted by molar-refractivity contribution is 9.10. The lowest BCUT2D eigenvalue weighted by atomic mass is 10.1.